The summed E-state index contributed by atoms with van der Waals surface area (Å²) in [5, 5.41) is 18.9. The molecule has 0 heterocycles. The molecule has 2 aromatic rings. The second kappa shape index (κ2) is 15.3. The van der Waals surface area contributed by atoms with Crippen molar-refractivity contribution in [3.05, 3.63) is 71.8 Å². The molecule has 2 aromatic carbocycles. The fourth-order valence-corrected chi connectivity index (χ4v) is 5.92. The van der Waals surface area contributed by atoms with E-state index in [1.807, 2.05) is 30.0 Å². The Hall–Kier alpha value is -1.78. The molecule has 0 saturated carbocycles. The van der Waals surface area contributed by atoms with Gasteiger partial charge < -0.3 is 10.2 Å². The van der Waals surface area contributed by atoms with Crippen molar-refractivity contribution in [3.63, 3.8) is 0 Å². The summed E-state index contributed by atoms with van der Waals surface area (Å²) in [7, 11) is 0. The number of carboxylic acids is 1. The predicted octanol–water partition coefficient (Wildman–Crippen LogP) is 7.61. The van der Waals surface area contributed by atoms with Gasteiger partial charge >= 0.3 is 5.97 Å². The van der Waals surface area contributed by atoms with Crippen molar-refractivity contribution in [2.75, 3.05) is 18.1 Å². The number of thioether (sulfide) groups is 1. The maximum absolute atomic E-state index is 11.4. The van der Waals surface area contributed by atoms with Gasteiger partial charge in [-0.25, -0.2) is 0 Å². The number of carbonyl (C=O) groups is 1. The van der Waals surface area contributed by atoms with E-state index in [1.165, 1.54) is 42.8 Å². The van der Waals surface area contributed by atoms with Gasteiger partial charge in [-0.1, -0.05) is 100 Å². The number of unbranched alkanes of at least 4 members (excludes halogenated alkanes) is 4. The molecule has 2 rings (SSSR count). The molecule has 0 aliphatic carbocycles. The van der Waals surface area contributed by atoms with Crippen molar-refractivity contribution in [2.24, 2.45) is 0 Å². The molecular weight excluding hydrogens is 440 g/mol. The Morgan fingerprint density at radius 1 is 0.706 bits per heavy atom. The lowest BCUT2D eigenvalue weighted by molar-refractivity contribution is -0.138. The van der Waals surface area contributed by atoms with Crippen molar-refractivity contribution < 1.29 is 15.0 Å². The number of carboxylic acid groups (broad SMARTS) is 1. The van der Waals surface area contributed by atoms with E-state index in [2.05, 4.69) is 56.3 Å². The maximum Gasteiger partial charge on any atom is 0.304 e. The van der Waals surface area contributed by atoms with E-state index in [-0.39, 0.29) is 23.9 Å². The number of aliphatic carboxylic acids is 1. The Morgan fingerprint density at radius 2 is 1.18 bits per heavy atom. The lowest BCUT2D eigenvalue weighted by atomic mass is 9.75. The molecule has 0 fully saturated rings. The Balaban J connectivity index is 1.58. The largest absolute Gasteiger partial charge is 0.481 e. The van der Waals surface area contributed by atoms with E-state index in [0.29, 0.717) is 0 Å². The van der Waals surface area contributed by atoms with Crippen LogP contribution in [0.3, 0.4) is 0 Å². The van der Waals surface area contributed by atoms with Crippen LogP contribution in [0.4, 0.5) is 0 Å². The number of hydrogen-bond donors (Lipinski definition) is 2. The summed E-state index contributed by atoms with van der Waals surface area (Å²) in [5.41, 5.74) is 2.25. The van der Waals surface area contributed by atoms with Crippen LogP contribution in [0.1, 0.15) is 89.2 Å². The SMILES string of the molecule is CC(CCO)(CCCCCSCCCCCC(C)(CC(=O)O)c1ccccc1)c1ccccc1. The molecule has 0 spiro atoms. The highest BCUT2D eigenvalue weighted by Gasteiger charge is 2.29. The fraction of sp³-hybridized carbons (Fsp3) is 0.567. The minimum absolute atomic E-state index is 0.0675. The predicted molar refractivity (Wildman–Crippen MR) is 146 cm³/mol. The van der Waals surface area contributed by atoms with Gasteiger partial charge in [0.15, 0.2) is 0 Å². The average Bonchev–Trinajstić information content (AvgIpc) is 2.83. The highest BCUT2D eigenvalue weighted by atomic mass is 32.2. The second-order valence-corrected chi connectivity index (χ2v) is 11.4. The van der Waals surface area contributed by atoms with Gasteiger partial charge in [0.05, 0.1) is 6.42 Å². The smallest absolute Gasteiger partial charge is 0.304 e. The molecule has 0 amide bonds. The van der Waals surface area contributed by atoms with Gasteiger partial charge in [0, 0.05) is 12.0 Å². The second-order valence-electron chi connectivity index (χ2n) is 10.1. The molecular formula is C30H44O3S. The Morgan fingerprint density at radius 3 is 1.65 bits per heavy atom. The van der Waals surface area contributed by atoms with Gasteiger partial charge in [-0.3, -0.25) is 4.79 Å². The molecule has 34 heavy (non-hydrogen) atoms. The van der Waals surface area contributed by atoms with Crippen LogP contribution >= 0.6 is 11.8 Å². The first-order chi connectivity index (χ1) is 16.4. The van der Waals surface area contributed by atoms with Gasteiger partial charge in [0.2, 0.25) is 0 Å². The molecule has 188 valence electrons. The van der Waals surface area contributed by atoms with E-state index >= 15 is 0 Å². The zero-order valence-electron chi connectivity index (χ0n) is 21.2. The molecule has 0 saturated heterocycles. The Kier molecular flexibility index (Phi) is 12.8. The van der Waals surface area contributed by atoms with Gasteiger partial charge in [0.25, 0.3) is 0 Å². The minimum atomic E-state index is -0.720. The third kappa shape index (κ3) is 9.84. The molecule has 0 aliphatic heterocycles. The van der Waals surface area contributed by atoms with E-state index < -0.39 is 5.97 Å². The van der Waals surface area contributed by atoms with Crippen LogP contribution in [0.15, 0.2) is 60.7 Å². The number of benzene rings is 2. The van der Waals surface area contributed by atoms with E-state index in [0.717, 1.165) is 37.7 Å². The topological polar surface area (TPSA) is 57.5 Å². The molecule has 3 nitrogen and oxygen atoms in total. The summed E-state index contributed by atoms with van der Waals surface area (Å²) in [6.07, 6.45) is 10.2. The van der Waals surface area contributed by atoms with Crippen LogP contribution in [-0.4, -0.2) is 34.3 Å². The van der Waals surface area contributed by atoms with Gasteiger partial charge in [0.1, 0.15) is 0 Å². The van der Waals surface area contributed by atoms with Crippen molar-refractivity contribution in [3.8, 4) is 0 Å². The van der Waals surface area contributed by atoms with Gasteiger partial charge in [-0.2, -0.15) is 11.8 Å². The van der Waals surface area contributed by atoms with Crippen LogP contribution in [0, 0.1) is 0 Å². The van der Waals surface area contributed by atoms with Crippen LogP contribution < -0.4 is 0 Å². The molecule has 0 aliphatic rings. The van der Waals surface area contributed by atoms with E-state index in [1.54, 1.807) is 0 Å². The number of hydrogen-bond acceptors (Lipinski definition) is 3. The van der Waals surface area contributed by atoms with Crippen molar-refractivity contribution in [1.29, 1.82) is 0 Å². The quantitative estimate of drug-likeness (QED) is 0.214. The first-order valence-electron chi connectivity index (χ1n) is 12.9. The highest BCUT2D eigenvalue weighted by molar-refractivity contribution is 7.99. The molecule has 0 aromatic heterocycles. The molecule has 4 heteroatoms. The molecule has 0 radical (unpaired) electrons. The first kappa shape index (κ1) is 28.5. The average molecular weight is 485 g/mol. The van der Waals surface area contributed by atoms with Crippen molar-refractivity contribution >= 4 is 17.7 Å². The summed E-state index contributed by atoms with van der Waals surface area (Å²) in [6, 6.07) is 20.7. The monoisotopic (exact) mass is 484 g/mol. The van der Waals surface area contributed by atoms with Crippen LogP contribution in [0.5, 0.6) is 0 Å². The summed E-state index contributed by atoms with van der Waals surface area (Å²) in [5.74, 6) is 1.68. The molecule has 2 atom stereocenters. The third-order valence-corrected chi connectivity index (χ3v) is 8.34. The summed E-state index contributed by atoms with van der Waals surface area (Å²) in [6.45, 7) is 4.61. The van der Waals surface area contributed by atoms with Gasteiger partial charge in [-0.15, -0.1) is 0 Å². The minimum Gasteiger partial charge on any atom is -0.481 e. The van der Waals surface area contributed by atoms with Crippen LogP contribution in [-0.2, 0) is 15.6 Å². The molecule has 2 N–H and O–H groups in total. The maximum atomic E-state index is 11.4. The molecule has 0 bridgehead atoms. The normalized spacial score (nSPS) is 14.9. The van der Waals surface area contributed by atoms with Crippen LogP contribution in [0.2, 0.25) is 0 Å². The molecule has 2 unspecified atom stereocenters. The van der Waals surface area contributed by atoms with E-state index in [9.17, 15) is 15.0 Å². The lowest BCUT2D eigenvalue weighted by Crippen LogP contribution is -2.25. The summed E-state index contributed by atoms with van der Waals surface area (Å²) in [4.78, 5) is 11.4. The van der Waals surface area contributed by atoms with Crippen LogP contribution in [0.25, 0.3) is 0 Å². The fourth-order valence-electron chi connectivity index (χ4n) is 4.90. The lowest BCUT2D eigenvalue weighted by Gasteiger charge is -2.30. The summed E-state index contributed by atoms with van der Waals surface area (Å²) < 4.78 is 0. The van der Waals surface area contributed by atoms with Crippen molar-refractivity contribution in [1.82, 2.24) is 0 Å². The third-order valence-electron chi connectivity index (χ3n) is 7.18. The number of rotatable bonds is 18. The number of aliphatic hydroxyl groups excluding tert-OH is 1. The highest BCUT2D eigenvalue weighted by Crippen LogP contribution is 2.34. The van der Waals surface area contributed by atoms with Crippen molar-refractivity contribution in [2.45, 2.75) is 88.9 Å². The Bertz CT molecular complexity index is 810. The van der Waals surface area contributed by atoms with E-state index in [4.69, 9.17) is 0 Å². The zero-order chi connectivity index (χ0) is 24.7. The standard InChI is InChI=1S/C30H44O3S/c1-29(21-22-31,26-15-7-3-8-16-26)19-11-5-13-23-34-24-14-6-12-20-30(2,25-28(32)33)27-17-9-4-10-18-27/h3-4,7-10,15-18,31H,5-6,11-14,19-25H2,1-2H3,(H,32,33). The first-order valence-corrected chi connectivity index (χ1v) is 14.1. The van der Waals surface area contributed by atoms with Gasteiger partial charge in [-0.05, 0) is 60.2 Å². The Labute approximate surface area is 211 Å². The zero-order valence-corrected chi connectivity index (χ0v) is 22.0. The summed E-state index contributed by atoms with van der Waals surface area (Å²) >= 11 is 2.05. The number of aliphatic hydroxyl groups is 1.